The standard InChI is InChI=1S/C21H18N6O5S/c28-18(12-23-19(29)14-4-6-16(7-5-14)27(31)32)25-9-2-10-26(25)21(30)17-13-33-20(24-17)15-3-1-8-22-11-15/h1,3-8,11,13H,2,9-10,12H2,(H,23,29). The van der Waals surface area contributed by atoms with Crippen molar-refractivity contribution in [3.8, 4) is 10.6 Å². The molecule has 3 amide bonds. The summed E-state index contributed by atoms with van der Waals surface area (Å²) in [7, 11) is 0. The van der Waals surface area contributed by atoms with Gasteiger partial charge in [0, 0.05) is 54.1 Å². The van der Waals surface area contributed by atoms with Gasteiger partial charge in [-0.3, -0.25) is 29.5 Å². The van der Waals surface area contributed by atoms with Gasteiger partial charge in [-0.25, -0.2) is 15.0 Å². The zero-order valence-electron chi connectivity index (χ0n) is 17.2. The van der Waals surface area contributed by atoms with Crippen LogP contribution in [0.5, 0.6) is 0 Å². The van der Waals surface area contributed by atoms with Gasteiger partial charge in [0.25, 0.3) is 23.4 Å². The number of hydrazine groups is 1. The molecule has 0 aliphatic carbocycles. The number of nitro groups is 1. The molecule has 1 fully saturated rings. The topological polar surface area (TPSA) is 139 Å². The van der Waals surface area contributed by atoms with Gasteiger partial charge in [0.1, 0.15) is 10.7 Å². The molecule has 33 heavy (non-hydrogen) atoms. The smallest absolute Gasteiger partial charge is 0.291 e. The summed E-state index contributed by atoms with van der Waals surface area (Å²) in [6.07, 6.45) is 3.91. The lowest BCUT2D eigenvalue weighted by Crippen LogP contribution is -2.48. The van der Waals surface area contributed by atoms with Gasteiger partial charge in [-0.05, 0) is 30.7 Å². The van der Waals surface area contributed by atoms with Crippen LogP contribution in [0.25, 0.3) is 10.6 Å². The van der Waals surface area contributed by atoms with Crippen molar-refractivity contribution >= 4 is 34.7 Å². The molecule has 3 aromatic rings. The van der Waals surface area contributed by atoms with Crippen molar-refractivity contribution in [2.75, 3.05) is 19.6 Å². The van der Waals surface area contributed by atoms with E-state index in [2.05, 4.69) is 15.3 Å². The molecule has 0 bridgehead atoms. The van der Waals surface area contributed by atoms with E-state index in [9.17, 15) is 24.5 Å². The zero-order chi connectivity index (χ0) is 23.4. The molecule has 0 spiro atoms. The van der Waals surface area contributed by atoms with Crippen LogP contribution in [0.3, 0.4) is 0 Å². The monoisotopic (exact) mass is 466 g/mol. The fourth-order valence-electron chi connectivity index (χ4n) is 3.29. The van der Waals surface area contributed by atoms with Gasteiger partial charge in [0.15, 0.2) is 0 Å². The Balaban J connectivity index is 1.38. The third-order valence-corrected chi connectivity index (χ3v) is 5.82. The number of nitrogens with one attached hydrogen (secondary N) is 1. The Morgan fingerprint density at radius 2 is 1.88 bits per heavy atom. The molecule has 4 rings (SSSR count). The van der Waals surface area contributed by atoms with Crippen LogP contribution in [0, 0.1) is 10.1 Å². The number of benzene rings is 1. The molecule has 0 unspecified atom stereocenters. The van der Waals surface area contributed by atoms with E-state index in [4.69, 9.17) is 0 Å². The number of hydrogen-bond acceptors (Lipinski definition) is 8. The van der Waals surface area contributed by atoms with Gasteiger partial charge in [0.2, 0.25) is 0 Å². The van der Waals surface area contributed by atoms with Crippen LogP contribution in [-0.2, 0) is 4.79 Å². The lowest BCUT2D eigenvalue weighted by molar-refractivity contribution is -0.384. The minimum Gasteiger partial charge on any atom is -0.343 e. The van der Waals surface area contributed by atoms with Crippen molar-refractivity contribution in [1.82, 2.24) is 25.3 Å². The maximum atomic E-state index is 13.0. The average molecular weight is 466 g/mol. The molecule has 1 aliphatic rings. The number of aromatic nitrogens is 2. The molecule has 2 aromatic heterocycles. The number of nitro benzene ring substituents is 1. The molecular formula is C21H18N6O5S. The number of amides is 3. The molecule has 11 nitrogen and oxygen atoms in total. The fourth-order valence-corrected chi connectivity index (χ4v) is 4.08. The van der Waals surface area contributed by atoms with Crippen molar-refractivity contribution in [2.24, 2.45) is 0 Å². The summed E-state index contributed by atoms with van der Waals surface area (Å²) in [5.74, 6) is -1.39. The summed E-state index contributed by atoms with van der Waals surface area (Å²) >= 11 is 1.31. The van der Waals surface area contributed by atoms with Crippen molar-refractivity contribution < 1.29 is 19.3 Å². The quantitative estimate of drug-likeness (QED) is 0.434. The normalized spacial score (nSPS) is 13.1. The van der Waals surface area contributed by atoms with Crippen molar-refractivity contribution in [3.05, 3.63) is 75.5 Å². The highest BCUT2D eigenvalue weighted by Crippen LogP contribution is 2.24. The maximum Gasteiger partial charge on any atom is 0.291 e. The number of pyridine rings is 1. The fraction of sp³-hybridized carbons (Fsp3) is 0.190. The lowest BCUT2D eigenvalue weighted by Gasteiger charge is -2.27. The van der Waals surface area contributed by atoms with E-state index in [0.29, 0.717) is 24.5 Å². The van der Waals surface area contributed by atoms with Gasteiger partial charge < -0.3 is 5.32 Å². The highest BCUT2D eigenvalue weighted by Gasteiger charge is 2.32. The van der Waals surface area contributed by atoms with Gasteiger partial charge in [-0.2, -0.15) is 0 Å². The van der Waals surface area contributed by atoms with Gasteiger partial charge in [-0.1, -0.05) is 0 Å². The summed E-state index contributed by atoms with van der Waals surface area (Å²) in [5, 5.41) is 18.1. The van der Waals surface area contributed by atoms with E-state index in [1.165, 1.54) is 45.6 Å². The van der Waals surface area contributed by atoms with Crippen molar-refractivity contribution in [2.45, 2.75) is 6.42 Å². The second-order valence-electron chi connectivity index (χ2n) is 7.06. The molecule has 168 valence electrons. The van der Waals surface area contributed by atoms with Crippen LogP contribution >= 0.6 is 11.3 Å². The Kier molecular flexibility index (Phi) is 6.36. The van der Waals surface area contributed by atoms with Gasteiger partial charge >= 0.3 is 0 Å². The van der Waals surface area contributed by atoms with Crippen molar-refractivity contribution in [3.63, 3.8) is 0 Å². The first-order chi connectivity index (χ1) is 15.9. The summed E-state index contributed by atoms with van der Waals surface area (Å²) in [6.45, 7) is 0.385. The van der Waals surface area contributed by atoms with E-state index in [1.807, 2.05) is 6.07 Å². The van der Waals surface area contributed by atoms with Crippen LogP contribution in [0.4, 0.5) is 5.69 Å². The minimum absolute atomic E-state index is 0.137. The summed E-state index contributed by atoms with van der Waals surface area (Å²) < 4.78 is 0. The first-order valence-corrected chi connectivity index (χ1v) is 10.8. The third-order valence-electron chi connectivity index (χ3n) is 4.93. The van der Waals surface area contributed by atoms with E-state index in [-0.39, 0.29) is 23.5 Å². The maximum absolute atomic E-state index is 13.0. The molecule has 1 aliphatic heterocycles. The number of hydrogen-bond donors (Lipinski definition) is 1. The number of non-ortho nitro benzene ring substituents is 1. The first kappa shape index (κ1) is 22.0. The Bertz CT molecular complexity index is 1200. The van der Waals surface area contributed by atoms with E-state index in [1.54, 1.807) is 23.8 Å². The predicted octanol–water partition coefficient (Wildman–Crippen LogP) is 2.13. The van der Waals surface area contributed by atoms with Crippen LogP contribution in [0.1, 0.15) is 27.3 Å². The highest BCUT2D eigenvalue weighted by atomic mass is 32.1. The van der Waals surface area contributed by atoms with Crippen LogP contribution in [0.2, 0.25) is 0 Å². The third kappa shape index (κ3) is 4.85. The molecule has 1 N–H and O–H groups in total. The molecule has 0 atom stereocenters. The number of carbonyl (C=O) groups is 3. The number of thiazole rings is 1. The largest absolute Gasteiger partial charge is 0.343 e. The average Bonchev–Trinajstić information content (AvgIpc) is 3.53. The lowest BCUT2D eigenvalue weighted by atomic mass is 10.2. The van der Waals surface area contributed by atoms with Crippen LogP contribution in [0.15, 0.2) is 54.2 Å². The van der Waals surface area contributed by atoms with E-state index >= 15 is 0 Å². The Morgan fingerprint density at radius 3 is 2.58 bits per heavy atom. The zero-order valence-corrected chi connectivity index (χ0v) is 18.0. The van der Waals surface area contributed by atoms with Gasteiger partial charge in [-0.15, -0.1) is 11.3 Å². The predicted molar refractivity (Wildman–Crippen MR) is 118 cm³/mol. The van der Waals surface area contributed by atoms with Gasteiger partial charge in [0.05, 0.1) is 11.5 Å². The number of nitrogens with zero attached hydrogens (tertiary/aromatic N) is 5. The first-order valence-electron chi connectivity index (χ1n) is 9.95. The number of carbonyl (C=O) groups excluding carboxylic acids is 3. The van der Waals surface area contributed by atoms with E-state index < -0.39 is 22.6 Å². The minimum atomic E-state index is -0.563. The summed E-state index contributed by atoms with van der Waals surface area (Å²) in [6, 6.07) is 8.68. The second kappa shape index (κ2) is 9.53. The van der Waals surface area contributed by atoms with Crippen molar-refractivity contribution in [1.29, 1.82) is 0 Å². The number of rotatable bonds is 6. The van der Waals surface area contributed by atoms with E-state index in [0.717, 1.165) is 5.56 Å². The highest BCUT2D eigenvalue weighted by molar-refractivity contribution is 7.13. The Labute approximate surface area is 191 Å². The molecular weight excluding hydrogens is 448 g/mol. The van der Waals surface area contributed by atoms with Crippen LogP contribution < -0.4 is 5.32 Å². The molecule has 0 saturated carbocycles. The molecule has 3 heterocycles. The Hall–Kier alpha value is -4.19. The summed E-state index contributed by atoms with van der Waals surface area (Å²) in [4.78, 5) is 56.5. The SMILES string of the molecule is O=C(NCC(=O)N1CCCN1C(=O)c1csc(-c2cccnc2)n1)c1ccc([N+](=O)[O-])cc1. The molecule has 1 aromatic carbocycles. The summed E-state index contributed by atoms with van der Waals surface area (Å²) in [5.41, 5.74) is 1.08. The van der Waals surface area contributed by atoms with Crippen LogP contribution in [-0.4, -0.2) is 62.3 Å². The molecule has 1 saturated heterocycles. The Morgan fingerprint density at radius 1 is 1.12 bits per heavy atom. The second-order valence-corrected chi connectivity index (χ2v) is 7.92. The molecule has 12 heteroatoms. The molecule has 0 radical (unpaired) electrons.